The third-order valence-electron chi connectivity index (χ3n) is 9.37. The lowest BCUT2D eigenvalue weighted by Gasteiger charge is -2.34. The van der Waals surface area contributed by atoms with Crippen molar-refractivity contribution in [2.75, 3.05) is 31.0 Å². The number of rotatable bonds is 9. The van der Waals surface area contributed by atoms with E-state index >= 15 is 0 Å². The van der Waals surface area contributed by atoms with Crippen molar-refractivity contribution < 1.29 is 24.2 Å². The smallest absolute Gasteiger partial charge is 0.257 e. The van der Waals surface area contributed by atoms with Crippen LogP contribution in [0.2, 0.25) is 0 Å². The summed E-state index contributed by atoms with van der Waals surface area (Å²) >= 11 is 6.33. The van der Waals surface area contributed by atoms with Crippen molar-refractivity contribution in [3.05, 3.63) is 89.0 Å². The molecule has 0 aliphatic carbocycles. The van der Waals surface area contributed by atoms with E-state index in [1.807, 2.05) is 47.5 Å². The van der Waals surface area contributed by atoms with Crippen LogP contribution >= 0.6 is 11.6 Å². The molecule has 7 rings (SSSR count). The average Bonchev–Trinajstić information content (AvgIpc) is 3.40. The predicted octanol–water partition coefficient (Wildman–Crippen LogP) is 7.15. The number of unbranched alkanes of at least 4 members (excludes halogenated alkanes) is 2. The summed E-state index contributed by atoms with van der Waals surface area (Å²) in [7, 11) is 1.57. The number of fused-ring (bicyclic) bond motifs is 6. The highest BCUT2D eigenvalue weighted by molar-refractivity contribution is 6.19. The van der Waals surface area contributed by atoms with Gasteiger partial charge in [0.05, 0.1) is 36.7 Å². The highest BCUT2D eigenvalue weighted by Gasteiger charge is 2.35. The number of hydrogen-bond donors (Lipinski definition) is 1. The van der Waals surface area contributed by atoms with Gasteiger partial charge in [0.2, 0.25) is 5.91 Å². The molecule has 0 fully saturated rings. The highest BCUT2D eigenvalue weighted by Crippen LogP contribution is 2.45. The number of nitrogens with zero attached hydrogens (tertiary/aromatic N) is 3. The Morgan fingerprint density at radius 1 is 1.00 bits per heavy atom. The minimum Gasteiger partial charge on any atom is -0.507 e. The van der Waals surface area contributed by atoms with Crippen LogP contribution in [0.4, 0.5) is 11.4 Å². The van der Waals surface area contributed by atoms with E-state index in [0.717, 1.165) is 46.8 Å². The quantitative estimate of drug-likeness (QED) is 0.156. The molecule has 0 saturated heterocycles. The first-order valence-electron chi connectivity index (χ1n) is 15.8. The summed E-state index contributed by atoms with van der Waals surface area (Å²) in [5, 5.41) is 12.4. The molecule has 0 radical (unpaired) electrons. The number of amides is 2. The molecule has 4 aromatic rings. The number of aromatic hydroxyl groups is 1. The summed E-state index contributed by atoms with van der Waals surface area (Å²) in [6.07, 6.45) is 5.25. The molecule has 236 valence electrons. The minimum atomic E-state index is -0.104. The number of ether oxygens (including phenoxy) is 2. The van der Waals surface area contributed by atoms with Gasteiger partial charge < -0.3 is 24.4 Å². The molecule has 0 spiro atoms. The first-order chi connectivity index (χ1) is 22.5. The van der Waals surface area contributed by atoms with Crippen LogP contribution < -0.4 is 14.4 Å². The summed E-state index contributed by atoms with van der Waals surface area (Å²) < 4.78 is 11.7. The molecule has 0 aromatic heterocycles. The molecule has 3 aliphatic rings. The van der Waals surface area contributed by atoms with Gasteiger partial charge in [-0.1, -0.05) is 48.5 Å². The molecule has 3 aliphatic heterocycles. The zero-order valence-corrected chi connectivity index (χ0v) is 26.5. The number of halogens is 1. The fraction of sp³-hybridized carbons (Fsp3) is 0.324. The average molecular weight is 638 g/mol. The van der Waals surface area contributed by atoms with Gasteiger partial charge in [-0.05, 0) is 53.8 Å². The molecule has 0 saturated carbocycles. The Balaban J connectivity index is 0.961. The molecule has 9 heteroatoms. The maximum absolute atomic E-state index is 13.6. The molecular weight excluding hydrogens is 602 g/mol. The summed E-state index contributed by atoms with van der Waals surface area (Å²) in [5.41, 5.74) is 5.27. The number of methoxy groups -OCH3 is 1. The lowest BCUT2D eigenvalue weighted by molar-refractivity contribution is -0.118. The molecule has 8 nitrogen and oxygen atoms in total. The van der Waals surface area contributed by atoms with Crippen LogP contribution in [0.3, 0.4) is 0 Å². The van der Waals surface area contributed by atoms with Crippen molar-refractivity contribution in [3.8, 4) is 17.2 Å². The summed E-state index contributed by atoms with van der Waals surface area (Å²) in [5.74, 6) is 1.59. The lowest BCUT2D eigenvalue weighted by atomic mass is 9.94. The van der Waals surface area contributed by atoms with Gasteiger partial charge in [-0.3, -0.25) is 14.6 Å². The maximum atomic E-state index is 13.6. The second-order valence-corrected chi connectivity index (χ2v) is 12.5. The van der Waals surface area contributed by atoms with Crippen molar-refractivity contribution in [2.45, 2.75) is 50.6 Å². The fourth-order valence-electron chi connectivity index (χ4n) is 6.98. The van der Waals surface area contributed by atoms with Crippen molar-refractivity contribution in [2.24, 2.45) is 4.99 Å². The van der Waals surface area contributed by atoms with E-state index in [9.17, 15) is 14.7 Å². The van der Waals surface area contributed by atoms with Gasteiger partial charge >= 0.3 is 0 Å². The topological polar surface area (TPSA) is 91.7 Å². The Bertz CT molecular complexity index is 1860. The second kappa shape index (κ2) is 12.7. The van der Waals surface area contributed by atoms with Gasteiger partial charge in [0.15, 0.2) is 11.5 Å². The Labute approximate surface area is 273 Å². The molecular formula is C37H36ClN3O5. The van der Waals surface area contributed by atoms with Gasteiger partial charge in [-0.15, -0.1) is 11.6 Å². The molecule has 2 atom stereocenters. The molecule has 3 heterocycles. The maximum Gasteiger partial charge on any atom is 0.257 e. The Morgan fingerprint density at radius 3 is 2.59 bits per heavy atom. The predicted molar refractivity (Wildman–Crippen MR) is 180 cm³/mol. The Morgan fingerprint density at radius 2 is 1.78 bits per heavy atom. The van der Waals surface area contributed by atoms with Crippen molar-refractivity contribution >= 4 is 51.8 Å². The molecule has 1 N–H and O–H groups in total. The third-order valence-corrected chi connectivity index (χ3v) is 9.74. The summed E-state index contributed by atoms with van der Waals surface area (Å²) in [4.78, 5) is 35.3. The van der Waals surface area contributed by atoms with E-state index < -0.39 is 0 Å². The van der Waals surface area contributed by atoms with E-state index in [4.69, 9.17) is 26.1 Å². The van der Waals surface area contributed by atoms with Gasteiger partial charge in [0, 0.05) is 55.0 Å². The minimum absolute atomic E-state index is 0.0209. The normalized spacial score (nSPS) is 18.1. The van der Waals surface area contributed by atoms with Gasteiger partial charge in [0.1, 0.15) is 5.75 Å². The molecule has 0 bridgehead atoms. The van der Waals surface area contributed by atoms with Crippen molar-refractivity contribution in [1.29, 1.82) is 0 Å². The van der Waals surface area contributed by atoms with E-state index in [-0.39, 0.29) is 29.5 Å². The number of phenolic OH excluding ortho intramolecular Hbond substituents is 1. The summed E-state index contributed by atoms with van der Waals surface area (Å²) in [6, 6.07) is 21.0. The highest BCUT2D eigenvalue weighted by atomic mass is 35.5. The van der Waals surface area contributed by atoms with E-state index in [2.05, 4.69) is 12.1 Å². The van der Waals surface area contributed by atoms with Crippen LogP contribution in [0.25, 0.3) is 10.8 Å². The first kappa shape index (κ1) is 30.1. The number of hydrogen-bond acceptors (Lipinski definition) is 6. The standard InChI is InChI=1S/C37H36ClN3O5/c1-45-33-16-29-30(39-20-26-15-23-9-4-5-10-24(23)21-40(26)37(29)44)17-34(33)46-14-8-2-3-13-35(43)41-22-25(19-38)36-28-12-7-6-11-27(28)32(42)18-31(36)41/h4-7,9-12,16-18,20,25-26,42H,2-3,8,13-15,19,21-22H2,1H3/t25?,26-/m0/s1. The van der Waals surface area contributed by atoms with Crippen LogP contribution in [0.15, 0.2) is 71.7 Å². The van der Waals surface area contributed by atoms with E-state index in [1.54, 1.807) is 30.2 Å². The van der Waals surface area contributed by atoms with Crippen LogP contribution in [-0.4, -0.2) is 60.2 Å². The number of benzene rings is 4. The third kappa shape index (κ3) is 5.45. The Kier molecular flexibility index (Phi) is 8.30. The van der Waals surface area contributed by atoms with Crippen LogP contribution in [0.1, 0.15) is 58.6 Å². The molecule has 1 unspecified atom stereocenters. The van der Waals surface area contributed by atoms with Crippen LogP contribution in [-0.2, 0) is 17.8 Å². The van der Waals surface area contributed by atoms with Crippen molar-refractivity contribution in [1.82, 2.24) is 4.90 Å². The number of carbonyl (C=O) groups is 2. The summed E-state index contributed by atoms with van der Waals surface area (Å²) in [6.45, 7) is 1.50. The molecule has 46 heavy (non-hydrogen) atoms. The van der Waals surface area contributed by atoms with Gasteiger partial charge in [-0.2, -0.15) is 0 Å². The largest absolute Gasteiger partial charge is 0.507 e. The van der Waals surface area contributed by atoms with E-state index in [1.165, 1.54) is 5.56 Å². The van der Waals surface area contributed by atoms with Crippen molar-refractivity contribution in [3.63, 3.8) is 0 Å². The number of carbonyl (C=O) groups excluding carboxylic acids is 2. The number of aliphatic imine (C=N–C) groups is 1. The van der Waals surface area contributed by atoms with Crippen LogP contribution in [0, 0.1) is 0 Å². The van der Waals surface area contributed by atoms with Gasteiger partial charge in [0.25, 0.3) is 5.91 Å². The monoisotopic (exact) mass is 637 g/mol. The molecule has 4 aromatic carbocycles. The number of anilines is 1. The number of phenols is 1. The zero-order valence-electron chi connectivity index (χ0n) is 25.7. The van der Waals surface area contributed by atoms with Gasteiger partial charge in [-0.25, -0.2) is 0 Å². The zero-order chi connectivity index (χ0) is 31.8. The Hall–Kier alpha value is -4.56. The first-order valence-corrected chi connectivity index (χ1v) is 16.4. The number of alkyl halides is 1. The van der Waals surface area contributed by atoms with Crippen LogP contribution in [0.5, 0.6) is 17.2 Å². The molecule has 2 amide bonds. The fourth-order valence-corrected chi connectivity index (χ4v) is 7.24. The SMILES string of the molecule is COc1cc2c(cc1OCCCCCC(=O)N1CC(CCl)c3c1cc(O)c1ccccc31)N=C[C@@H]1Cc3ccccc3CN1C2=O. The van der Waals surface area contributed by atoms with E-state index in [0.29, 0.717) is 61.2 Å². The lowest BCUT2D eigenvalue weighted by Crippen LogP contribution is -2.44. The second-order valence-electron chi connectivity index (χ2n) is 12.2.